The van der Waals surface area contributed by atoms with Gasteiger partial charge in [0.05, 0.1) is 23.3 Å². The van der Waals surface area contributed by atoms with Gasteiger partial charge in [-0.05, 0) is 43.3 Å². The first-order valence-electron chi connectivity index (χ1n) is 11.5. The Kier molecular flexibility index (Phi) is 6.83. The smallest absolute Gasteiger partial charge is 0.340 e. The van der Waals surface area contributed by atoms with Crippen molar-refractivity contribution >= 4 is 17.9 Å². The van der Waals surface area contributed by atoms with E-state index < -0.39 is 55.5 Å². The monoisotopic (exact) mass is 477 g/mol. The summed E-state index contributed by atoms with van der Waals surface area (Å²) in [4.78, 5) is 38.8. The Morgan fingerprint density at radius 3 is 1.71 bits per heavy atom. The van der Waals surface area contributed by atoms with Crippen molar-refractivity contribution in [2.45, 2.75) is 31.0 Å². The number of benzene rings is 3. The fraction of sp³-hybridized carbons (Fsp3) is 0.222. The predicted octanol–water partition coefficient (Wildman–Crippen LogP) is 3.40. The molecule has 180 valence electrons. The lowest BCUT2D eigenvalue weighted by molar-refractivity contribution is -0.175. The van der Waals surface area contributed by atoms with Gasteiger partial charge in [-0.25, -0.2) is 14.4 Å². The summed E-state index contributed by atoms with van der Waals surface area (Å²) >= 11 is 0. The van der Waals surface area contributed by atoms with Crippen LogP contribution in [0.3, 0.4) is 0 Å². The van der Waals surface area contributed by atoms with Crippen molar-refractivity contribution < 1.29 is 39.8 Å². The van der Waals surface area contributed by atoms with Crippen LogP contribution >= 0.6 is 0 Å². The van der Waals surface area contributed by atoms with E-state index in [1.54, 1.807) is 54.6 Å². The van der Waals surface area contributed by atoms with Crippen LogP contribution in [0, 0.1) is 0 Å². The molecule has 4 atom stereocenters. The normalized spacial score (nSPS) is 23.7. The fourth-order valence-electron chi connectivity index (χ4n) is 3.65. The van der Waals surface area contributed by atoms with Gasteiger partial charge in [0, 0.05) is 1.37 Å². The topological polar surface area (TPSA) is 108 Å². The third-order valence-electron chi connectivity index (χ3n) is 5.46. The summed E-state index contributed by atoms with van der Waals surface area (Å²) in [7, 11) is 0. The molecule has 1 unspecified atom stereocenters. The first-order valence-corrected chi connectivity index (χ1v) is 10.8. The van der Waals surface area contributed by atoms with Crippen LogP contribution < -0.4 is 0 Å². The summed E-state index contributed by atoms with van der Waals surface area (Å²) in [6.45, 7) is -1.35. The van der Waals surface area contributed by atoms with Gasteiger partial charge in [0.25, 0.3) is 0 Å². The molecule has 3 aromatic rings. The van der Waals surface area contributed by atoms with Crippen molar-refractivity contribution in [1.82, 2.24) is 0 Å². The van der Waals surface area contributed by atoms with Crippen molar-refractivity contribution in [2.75, 3.05) is 6.61 Å². The Morgan fingerprint density at radius 1 is 0.800 bits per heavy atom. The van der Waals surface area contributed by atoms with Crippen molar-refractivity contribution in [3.8, 4) is 0 Å². The van der Waals surface area contributed by atoms with Crippen molar-refractivity contribution in [3.05, 3.63) is 108 Å². The number of hydrogen-bond acceptors (Lipinski definition) is 8. The van der Waals surface area contributed by atoms with Crippen LogP contribution in [-0.4, -0.2) is 53.7 Å². The average Bonchev–Trinajstić information content (AvgIpc) is 3.21. The zero-order valence-electron chi connectivity index (χ0n) is 19.6. The quantitative estimate of drug-likeness (QED) is 0.408. The molecule has 0 saturated carbocycles. The number of hydrogen-bond donors (Lipinski definition) is 1. The Hall–Kier alpha value is -4.01. The minimum absolute atomic E-state index is 0.166. The van der Waals surface area contributed by atoms with Crippen LogP contribution in [0.5, 0.6) is 0 Å². The second-order valence-corrected chi connectivity index (χ2v) is 7.86. The number of rotatable bonds is 7. The lowest BCUT2D eigenvalue weighted by Crippen LogP contribution is -2.52. The van der Waals surface area contributed by atoms with E-state index in [4.69, 9.17) is 20.3 Å². The predicted molar refractivity (Wildman–Crippen MR) is 124 cm³/mol. The maximum atomic E-state index is 13.1. The molecule has 1 aliphatic heterocycles. The third-order valence-corrected chi connectivity index (χ3v) is 5.46. The number of aliphatic hydroxyl groups excluding tert-OH is 1. The van der Waals surface area contributed by atoms with Crippen LogP contribution in [0.1, 0.15) is 39.3 Å². The molecule has 0 aliphatic carbocycles. The molecule has 8 nitrogen and oxygen atoms in total. The van der Waals surface area contributed by atoms with Gasteiger partial charge in [-0.1, -0.05) is 54.6 Å². The second kappa shape index (κ2) is 10.5. The molecule has 0 aromatic heterocycles. The van der Waals surface area contributed by atoms with Gasteiger partial charge in [-0.2, -0.15) is 0 Å². The Balaban J connectivity index is 1.70. The van der Waals surface area contributed by atoms with E-state index in [1.807, 2.05) is 0 Å². The van der Waals surface area contributed by atoms with E-state index in [0.29, 0.717) is 0 Å². The average molecular weight is 477 g/mol. The maximum Gasteiger partial charge on any atom is 0.340 e. The minimum atomic E-state index is -2.06. The van der Waals surface area contributed by atoms with Crippen LogP contribution in [0.2, 0.25) is 0 Å². The molecule has 0 spiro atoms. The highest BCUT2D eigenvalue weighted by Gasteiger charge is 2.61. The molecule has 1 fully saturated rings. The summed E-state index contributed by atoms with van der Waals surface area (Å²) in [5, 5.41) is 10.0. The Bertz CT molecular complexity index is 1190. The summed E-state index contributed by atoms with van der Waals surface area (Å²) < 4.78 is 31.0. The molecule has 1 heterocycles. The summed E-state index contributed by atoms with van der Waals surface area (Å²) in [5.41, 5.74) is -1.50. The van der Waals surface area contributed by atoms with Crippen LogP contribution in [0.25, 0.3) is 0 Å². The van der Waals surface area contributed by atoms with Gasteiger partial charge in [0.15, 0.2) is 6.10 Å². The molecule has 0 radical (unpaired) electrons. The first kappa shape index (κ1) is 22.8. The van der Waals surface area contributed by atoms with Crippen molar-refractivity contribution in [1.29, 1.82) is 0 Å². The number of esters is 3. The second-order valence-electron chi connectivity index (χ2n) is 7.86. The Morgan fingerprint density at radius 2 is 1.26 bits per heavy atom. The lowest BCUT2D eigenvalue weighted by Gasteiger charge is -2.33. The van der Waals surface area contributed by atoms with E-state index in [9.17, 15) is 19.5 Å². The summed E-state index contributed by atoms with van der Waals surface area (Å²) in [5.74, 6) is -2.43. The highest BCUT2D eigenvalue weighted by molar-refractivity contribution is 5.91. The molecule has 35 heavy (non-hydrogen) atoms. The molecule has 1 N–H and O–H groups in total. The van der Waals surface area contributed by atoms with Crippen LogP contribution in [0.15, 0.2) is 91.0 Å². The van der Waals surface area contributed by atoms with Gasteiger partial charge in [-0.3, -0.25) is 0 Å². The van der Waals surface area contributed by atoms with Gasteiger partial charge in [0.2, 0.25) is 11.9 Å². The lowest BCUT2D eigenvalue weighted by atomic mass is 9.96. The molecule has 1 aliphatic rings. The Labute approximate surface area is 203 Å². The standard InChI is InChI=1S/C27H24O8/c1-27(35-25(31)20-15-9-4-10-16-20)22(33-23(29)18-11-5-2-6-12-18)21(17-28)32-26(27)34-24(30)19-13-7-3-8-14-19/h2-16,21-22,26,28H,17H2,1H3/t21-,22-,26?,27-/m1/s1/i1D. The van der Waals surface area contributed by atoms with E-state index in [1.165, 1.54) is 36.4 Å². The van der Waals surface area contributed by atoms with Crippen LogP contribution in [-0.2, 0) is 18.9 Å². The summed E-state index contributed by atoms with van der Waals surface area (Å²) in [6.07, 6.45) is -4.32. The van der Waals surface area contributed by atoms with Gasteiger partial charge < -0.3 is 24.1 Å². The van der Waals surface area contributed by atoms with E-state index >= 15 is 0 Å². The van der Waals surface area contributed by atoms with Crippen molar-refractivity contribution in [2.24, 2.45) is 0 Å². The SMILES string of the molecule is [2H]C[C@]1(OC(=O)c2ccccc2)C(OC(=O)c2ccccc2)O[C@H](CO)[C@H]1OC(=O)c1ccccc1. The number of carbonyl (C=O) groups excluding carboxylic acids is 3. The molecule has 4 rings (SSSR count). The maximum absolute atomic E-state index is 13.1. The minimum Gasteiger partial charge on any atom is -0.451 e. The van der Waals surface area contributed by atoms with Gasteiger partial charge in [0.1, 0.15) is 6.10 Å². The zero-order chi connectivity index (χ0) is 25.5. The van der Waals surface area contributed by atoms with E-state index in [0.717, 1.165) is 0 Å². The largest absolute Gasteiger partial charge is 0.451 e. The van der Waals surface area contributed by atoms with Gasteiger partial charge >= 0.3 is 17.9 Å². The molecule has 0 bridgehead atoms. The van der Waals surface area contributed by atoms with E-state index in [-0.39, 0.29) is 16.7 Å². The number of ether oxygens (including phenoxy) is 4. The molecule has 0 amide bonds. The third kappa shape index (κ3) is 5.24. The molecule has 8 heteroatoms. The number of aliphatic hydroxyl groups is 1. The molecule has 1 saturated heterocycles. The summed E-state index contributed by atoms with van der Waals surface area (Å²) in [6, 6.07) is 24.1. The van der Waals surface area contributed by atoms with Crippen LogP contribution in [0.4, 0.5) is 0 Å². The fourth-order valence-corrected chi connectivity index (χ4v) is 3.65. The van der Waals surface area contributed by atoms with Crippen molar-refractivity contribution in [3.63, 3.8) is 0 Å². The highest BCUT2D eigenvalue weighted by Crippen LogP contribution is 2.38. The molecular formula is C27H24O8. The highest BCUT2D eigenvalue weighted by atomic mass is 16.8. The first-order chi connectivity index (χ1) is 17.5. The molecule has 3 aromatic carbocycles. The zero-order valence-corrected chi connectivity index (χ0v) is 18.6. The molecular weight excluding hydrogens is 452 g/mol. The van der Waals surface area contributed by atoms with Gasteiger partial charge in [-0.15, -0.1) is 0 Å². The van der Waals surface area contributed by atoms with E-state index in [2.05, 4.69) is 0 Å². The number of carbonyl (C=O) groups is 3.